The largest absolute Gasteiger partial charge is 0.348 e. The quantitative estimate of drug-likeness (QED) is 0.756. The molecule has 0 radical (unpaired) electrons. The Morgan fingerprint density at radius 3 is 3.00 bits per heavy atom. The lowest BCUT2D eigenvalue weighted by atomic mass is 10.2. The van der Waals surface area contributed by atoms with Crippen molar-refractivity contribution in [2.45, 2.75) is 13.0 Å². The fourth-order valence-corrected chi connectivity index (χ4v) is 1.81. The lowest BCUT2D eigenvalue weighted by Crippen LogP contribution is -2.01. The molecule has 3 rings (SSSR count). The summed E-state index contributed by atoms with van der Waals surface area (Å²) in [5.74, 6) is 0. The van der Waals surface area contributed by atoms with Crippen LogP contribution in [0.15, 0.2) is 49.3 Å². The van der Waals surface area contributed by atoms with Gasteiger partial charge in [0.1, 0.15) is 0 Å². The summed E-state index contributed by atoms with van der Waals surface area (Å²) in [5, 5.41) is 4.33. The molecule has 3 aromatic heterocycles. The predicted molar refractivity (Wildman–Crippen MR) is 67.7 cm³/mol. The van der Waals surface area contributed by atoms with E-state index in [1.165, 1.54) is 0 Å². The summed E-state index contributed by atoms with van der Waals surface area (Å²) in [6.07, 6.45) is 10.1. The van der Waals surface area contributed by atoms with E-state index in [-0.39, 0.29) is 0 Å². The molecule has 0 amide bonds. The molecule has 3 heterocycles. The van der Waals surface area contributed by atoms with E-state index in [0.29, 0.717) is 0 Å². The standard InChI is InChI=1S/C13H13N5/c1-2-5-15-13(3-1)11-7-17-18(9-11)6-4-12-8-14-10-16-12/h1-3,5,7-10H,4,6H2,(H,14,16). The van der Waals surface area contributed by atoms with Gasteiger partial charge in [0.15, 0.2) is 0 Å². The number of nitrogens with one attached hydrogen (secondary N) is 1. The van der Waals surface area contributed by atoms with Crippen LogP contribution in [-0.2, 0) is 13.0 Å². The van der Waals surface area contributed by atoms with Crippen LogP contribution in [0.2, 0.25) is 0 Å². The summed E-state index contributed by atoms with van der Waals surface area (Å²) in [7, 11) is 0. The number of rotatable bonds is 4. The van der Waals surface area contributed by atoms with E-state index in [0.717, 1.165) is 29.9 Å². The summed E-state index contributed by atoms with van der Waals surface area (Å²) in [6.45, 7) is 0.828. The van der Waals surface area contributed by atoms with E-state index in [2.05, 4.69) is 20.1 Å². The van der Waals surface area contributed by atoms with Gasteiger partial charge in [-0.3, -0.25) is 9.67 Å². The average Bonchev–Trinajstić information content (AvgIpc) is 3.09. The Bertz CT molecular complexity index is 597. The van der Waals surface area contributed by atoms with Gasteiger partial charge in [-0.05, 0) is 12.1 Å². The van der Waals surface area contributed by atoms with Crippen molar-refractivity contribution in [3.05, 3.63) is 55.0 Å². The molecule has 0 fully saturated rings. The molecule has 0 saturated carbocycles. The number of aromatic nitrogens is 5. The van der Waals surface area contributed by atoms with Crippen molar-refractivity contribution in [3.63, 3.8) is 0 Å². The second-order valence-corrected chi connectivity index (χ2v) is 4.03. The maximum absolute atomic E-state index is 4.33. The molecular weight excluding hydrogens is 226 g/mol. The minimum absolute atomic E-state index is 0.828. The first-order chi connectivity index (χ1) is 8.92. The van der Waals surface area contributed by atoms with E-state index in [9.17, 15) is 0 Å². The van der Waals surface area contributed by atoms with E-state index in [4.69, 9.17) is 0 Å². The summed E-state index contributed by atoms with van der Waals surface area (Å²) >= 11 is 0. The van der Waals surface area contributed by atoms with Crippen molar-refractivity contribution < 1.29 is 0 Å². The summed E-state index contributed by atoms with van der Waals surface area (Å²) in [5.41, 5.74) is 3.11. The van der Waals surface area contributed by atoms with Gasteiger partial charge in [-0.1, -0.05) is 6.07 Å². The zero-order valence-corrected chi connectivity index (χ0v) is 9.82. The molecule has 0 atom stereocenters. The average molecular weight is 239 g/mol. The van der Waals surface area contributed by atoms with Crippen LogP contribution >= 0.6 is 0 Å². The zero-order valence-electron chi connectivity index (χ0n) is 9.82. The molecule has 5 heteroatoms. The molecule has 5 nitrogen and oxygen atoms in total. The number of imidazole rings is 1. The number of H-pyrrole nitrogens is 1. The third-order valence-electron chi connectivity index (χ3n) is 2.76. The summed E-state index contributed by atoms with van der Waals surface area (Å²) in [6, 6.07) is 5.87. The normalized spacial score (nSPS) is 10.7. The van der Waals surface area contributed by atoms with Crippen molar-refractivity contribution in [3.8, 4) is 11.3 Å². The van der Waals surface area contributed by atoms with Crippen LogP contribution in [0.1, 0.15) is 5.69 Å². The minimum Gasteiger partial charge on any atom is -0.348 e. The summed E-state index contributed by atoms with van der Waals surface area (Å²) in [4.78, 5) is 11.4. The Labute approximate surface area is 105 Å². The van der Waals surface area contributed by atoms with Gasteiger partial charge in [-0.15, -0.1) is 0 Å². The van der Waals surface area contributed by atoms with Gasteiger partial charge in [0.05, 0.1) is 18.2 Å². The SMILES string of the molecule is c1ccc(-c2cnn(CCc3cnc[nH]3)c2)nc1. The number of hydrogen-bond acceptors (Lipinski definition) is 3. The van der Waals surface area contributed by atoms with Gasteiger partial charge >= 0.3 is 0 Å². The predicted octanol–water partition coefficient (Wildman–Crippen LogP) is 1.91. The highest BCUT2D eigenvalue weighted by Crippen LogP contribution is 2.14. The Morgan fingerprint density at radius 1 is 1.22 bits per heavy atom. The van der Waals surface area contributed by atoms with E-state index < -0.39 is 0 Å². The molecule has 0 saturated heterocycles. The Morgan fingerprint density at radius 2 is 2.22 bits per heavy atom. The first-order valence-corrected chi connectivity index (χ1v) is 5.83. The molecule has 0 aromatic carbocycles. The van der Waals surface area contributed by atoms with Crippen molar-refractivity contribution in [2.75, 3.05) is 0 Å². The van der Waals surface area contributed by atoms with Crippen LogP contribution in [0.25, 0.3) is 11.3 Å². The molecular formula is C13H13N5. The number of pyridine rings is 1. The second-order valence-electron chi connectivity index (χ2n) is 4.03. The number of nitrogens with zero attached hydrogens (tertiary/aromatic N) is 4. The van der Waals surface area contributed by atoms with Crippen molar-refractivity contribution in [2.24, 2.45) is 0 Å². The third kappa shape index (κ3) is 2.29. The van der Waals surface area contributed by atoms with Crippen LogP contribution < -0.4 is 0 Å². The Balaban J connectivity index is 1.70. The van der Waals surface area contributed by atoms with Crippen LogP contribution in [0.4, 0.5) is 0 Å². The zero-order chi connectivity index (χ0) is 12.2. The molecule has 3 aromatic rings. The third-order valence-corrected chi connectivity index (χ3v) is 2.76. The second kappa shape index (κ2) is 4.83. The fourth-order valence-electron chi connectivity index (χ4n) is 1.81. The maximum atomic E-state index is 4.33. The molecule has 0 aliphatic carbocycles. The van der Waals surface area contributed by atoms with Crippen LogP contribution in [0.3, 0.4) is 0 Å². The molecule has 0 aliphatic rings. The van der Waals surface area contributed by atoms with Crippen LogP contribution in [-0.4, -0.2) is 24.7 Å². The molecule has 0 bridgehead atoms. The van der Waals surface area contributed by atoms with Gasteiger partial charge in [-0.25, -0.2) is 4.98 Å². The van der Waals surface area contributed by atoms with Gasteiger partial charge in [0, 0.05) is 42.8 Å². The molecule has 90 valence electrons. The lowest BCUT2D eigenvalue weighted by Gasteiger charge is -1.98. The molecule has 0 aliphatic heterocycles. The fraction of sp³-hybridized carbons (Fsp3) is 0.154. The lowest BCUT2D eigenvalue weighted by molar-refractivity contribution is 0.610. The topological polar surface area (TPSA) is 59.4 Å². The van der Waals surface area contributed by atoms with Gasteiger partial charge in [0.2, 0.25) is 0 Å². The maximum Gasteiger partial charge on any atom is 0.0921 e. The number of hydrogen-bond donors (Lipinski definition) is 1. The highest BCUT2D eigenvalue weighted by atomic mass is 15.3. The monoisotopic (exact) mass is 239 g/mol. The first-order valence-electron chi connectivity index (χ1n) is 5.83. The van der Waals surface area contributed by atoms with Crippen molar-refractivity contribution >= 4 is 0 Å². The van der Waals surface area contributed by atoms with Crippen LogP contribution in [0.5, 0.6) is 0 Å². The van der Waals surface area contributed by atoms with E-state index >= 15 is 0 Å². The summed E-state index contributed by atoms with van der Waals surface area (Å²) < 4.78 is 1.92. The first kappa shape index (κ1) is 10.7. The smallest absolute Gasteiger partial charge is 0.0921 e. The van der Waals surface area contributed by atoms with Gasteiger partial charge in [0.25, 0.3) is 0 Å². The Kier molecular flexibility index (Phi) is 2.87. The van der Waals surface area contributed by atoms with Crippen molar-refractivity contribution in [1.82, 2.24) is 24.7 Å². The number of aryl methyl sites for hydroxylation is 2. The minimum atomic E-state index is 0.828. The van der Waals surface area contributed by atoms with E-state index in [1.54, 1.807) is 12.5 Å². The van der Waals surface area contributed by atoms with Gasteiger partial charge < -0.3 is 4.98 Å². The van der Waals surface area contributed by atoms with Crippen molar-refractivity contribution in [1.29, 1.82) is 0 Å². The molecule has 0 spiro atoms. The van der Waals surface area contributed by atoms with Crippen LogP contribution in [0, 0.1) is 0 Å². The Hall–Kier alpha value is -2.43. The van der Waals surface area contributed by atoms with E-state index in [1.807, 2.05) is 41.5 Å². The molecule has 0 unspecified atom stereocenters. The van der Waals surface area contributed by atoms with Gasteiger partial charge in [-0.2, -0.15) is 5.10 Å². The number of aromatic amines is 1. The highest BCUT2D eigenvalue weighted by Gasteiger charge is 2.02. The highest BCUT2D eigenvalue weighted by molar-refractivity contribution is 5.56. The molecule has 18 heavy (non-hydrogen) atoms. The molecule has 1 N–H and O–H groups in total.